The first-order chi connectivity index (χ1) is 8.66. The number of rotatable bonds is 4. The molecule has 2 rings (SSSR count). The molecule has 1 aromatic rings. The van der Waals surface area contributed by atoms with E-state index in [0.29, 0.717) is 6.04 Å². The van der Waals surface area contributed by atoms with Crippen molar-refractivity contribution in [2.24, 2.45) is 0 Å². The van der Waals surface area contributed by atoms with Gasteiger partial charge in [-0.15, -0.1) is 0 Å². The van der Waals surface area contributed by atoms with Gasteiger partial charge in [0.25, 0.3) is 0 Å². The van der Waals surface area contributed by atoms with E-state index >= 15 is 0 Å². The zero-order chi connectivity index (χ0) is 13.0. The summed E-state index contributed by atoms with van der Waals surface area (Å²) < 4.78 is 13.1. The fourth-order valence-electron chi connectivity index (χ4n) is 2.61. The maximum Gasteiger partial charge on any atom is 0.123 e. The van der Waals surface area contributed by atoms with E-state index < -0.39 is 0 Å². The van der Waals surface area contributed by atoms with Crippen LogP contribution in [0.2, 0.25) is 0 Å². The molecule has 0 radical (unpaired) electrons. The molecule has 3 heteroatoms. The molecule has 1 fully saturated rings. The van der Waals surface area contributed by atoms with Crippen LogP contribution in [0.5, 0.6) is 0 Å². The minimum atomic E-state index is -0.157. The first-order valence-electron chi connectivity index (χ1n) is 6.86. The summed E-state index contributed by atoms with van der Waals surface area (Å²) in [4.78, 5) is 2.43. The van der Waals surface area contributed by atoms with Gasteiger partial charge in [-0.25, -0.2) is 4.39 Å². The summed E-state index contributed by atoms with van der Waals surface area (Å²) in [5, 5.41) is 3.52. The molecule has 0 aliphatic carbocycles. The van der Waals surface area contributed by atoms with Gasteiger partial charge in [-0.1, -0.05) is 18.6 Å². The van der Waals surface area contributed by atoms with Gasteiger partial charge in [0.2, 0.25) is 0 Å². The van der Waals surface area contributed by atoms with E-state index in [-0.39, 0.29) is 11.9 Å². The Morgan fingerprint density at radius 2 is 2.28 bits per heavy atom. The molecule has 0 aromatic heterocycles. The molecular weight excluding hydrogens is 227 g/mol. The molecule has 0 spiro atoms. The highest BCUT2D eigenvalue weighted by Gasteiger charge is 2.19. The van der Waals surface area contributed by atoms with Gasteiger partial charge in [-0.3, -0.25) is 0 Å². The van der Waals surface area contributed by atoms with Gasteiger partial charge in [0.05, 0.1) is 0 Å². The van der Waals surface area contributed by atoms with Gasteiger partial charge < -0.3 is 10.2 Å². The van der Waals surface area contributed by atoms with Crippen LogP contribution in [0.4, 0.5) is 4.39 Å². The molecule has 18 heavy (non-hydrogen) atoms. The van der Waals surface area contributed by atoms with Crippen molar-refractivity contribution in [1.82, 2.24) is 10.2 Å². The van der Waals surface area contributed by atoms with Crippen molar-refractivity contribution in [2.45, 2.75) is 38.3 Å². The lowest BCUT2D eigenvalue weighted by Gasteiger charge is -2.33. The number of nitrogens with one attached hydrogen (secondary N) is 1. The largest absolute Gasteiger partial charge is 0.309 e. The Morgan fingerprint density at radius 1 is 1.44 bits per heavy atom. The highest BCUT2D eigenvalue weighted by atomic mass is 19.1. The maximum atomic E-state index is 13.1. The second-order valence-corrected chi connectivity index (χ2v) is 5.32. The van der Waals surface area contributed by atoms with Crippen molar-refractivity contribution < 1.29 is 4.39 Å². The molecule has 2 nitrogen and oxygen atoms in total. The second kappa shape index (κ2) is 6.30. The van der Waals surface area contributed by atoms with Crippen molar-refractivity contribution in [3.05, 3.63) is 35.6 Å². The summed E-state index contributed by atoms with van der Waals surface area (Å²) >= 11 is 0. The number of hydrogen-bond donors (Lipinski definition) is 1. The SMILES string of the molecule is C[C@@H](NCC1CCCCN1C)c1cccc(F)c1. The first-order valence-corrected chi connectivity index (χ1v) is 6.86. The van der Waals surface area contributed by atoms with Gasteiger partial charge in [-0.05, 0) is 51.1 Å². The van der Waals surface area contributed by atoms with Crippen molar-refractivity contribution in [3.63, 3.8) is 0 Å². The lowest BCUT2D eigenvalue weighted by Crippen LogP contribution is -2.43. The normalized spacial score (nSPS) is 22.9. The van der Waals surface area contributed by atoms with Gasteiger partial charge >= 0.3 is 0 Å². The summed E-state index contributed by atoms with van der Waals surface area (Å²) in [5.74, 6) is -0.157. The zero-order valence-electron chi connectivity index (χ0n) is 11.3. The predicted octanol–water partition coefficient (Wildman–Crippen LogP) is 2.96. The highest BCUT2D eigenvalue weighted by Crippen LogP contribution is 2.17. The summed E-state index contributed by atoms with van der Waals surface area (Å²) in [6, 6.07) is 7.68. The van der Waals surface area contributed by atoms with E-state index in [1.165, 1.54) is 31.9 Å². The van der Waals surface area contributed by atoms with E-state index in [9.17, 15) is 4.39 Å². The molecule has 1 aromatic carbocycles. The molecule has 0 saturated carbocycles. The summed E-state index contributed by atoms with van der Waals surface area (Å²) in [6.45, 7) is 4.27. The minimum absolute atomic E-state index is 0.157. The van der Waals surface area contributed by atoms with Crippen LogP contribution < -0.4 is 5.32 Å². The van der Waals surface area contributed by atoms with Crippen LogP contribution in [0, 0.1) is 5.82 Å². The number of benzene rings is 1. The maximum absolute atomic E-state index is 13.1. The fourth-order valence-corrected chi connectivity index (χ4v) is 2.61. The Labute approximate surface area is 109 Å². The number of hydrogen-bond acceptors (Lipinski definition) is 2. The summed E-state index contributed by atoms with van der Waals surface area (Å²) in [5.41, 5.74) is 1.02. The lowest BCUT2D eigenvalue weighted by atomic mass is 10.0. The topological polar surface area (TPSA) is 15.3 Å². The lowest BCUT2D eigenvalue weighted by molar-refractivity contribution is 0.178. The average Bonchev–Trinajstić information content (AvgIpc) is 2.37. The monoisotopic (exact) mass is 250 g/mol. The smallest absolute Gasteiger partial charge is 0.123 e. The van der Waals surface area contributed by atoms with Crippen LogP contribution in [0.1, 0.15) is 37.8 Å². The van der Waals surface area contributed by atoms with Crippen LogP contribution in [0.15, 0.2) is 24.3 Å². The molecular formula is C15H23FN2. The third-order valence-corrected chi connectivity index (χ3v) is 3.93. The van der Waals surface area contributed by atoms with E-state index in [1.807, 2.05) is 6.07 Å². The zero-order valence-corrected chi connectivity index (χ0v) is 11.3. The molecule has 1 N–H and O–H groups in total. The fraction of sp³-hybridized carbons (Fsp3) is 0.600. The van der Waals surface area contributed by atoms with E-state index in [1.54, 1.807) is 12.1 Å². The van der Waals surface area contributed by atoms with Crippen LogP contribution in [-0.4, -0.2) is 31.1 Å². The summed E-state index contributed by atoms with van der Waals surface area (Å²) in [7, 11) is 2.19. The molecule has 1 heterocycles. The minimum Gasteiger partial charge on any atom is -0.309 e. The molecule has 1 unspecified atom stereocenters. The number of likely N-dealkylation sites (N-methyl/N-ethyl adjacent to an activating group) is 1. The third kappa shape index (κ3) is 3.53. The van der Waals surface area contributed by atoms with Crippen molar-refractivity contribution in [2.75, 3.05) is 20.1 Å². The molecule has 100 valence electrons. The first kappa shape index (κ1) is 13.5. The molecule has 0 amide bonds. The number of halogens is 1. The quantitative estimate of drug-likeness (QED) is 0.884. The van der Waals surface area contributed by atoms with Gasteiger partial charge in [-0.2, -0.15) is 0 Å². The van der Waals surface area contributed by atoms with E-state index in [0.717, 1.165) is 12.1 Å². The van der Waals surface area contributed by atoms with Crippen molar-refractivity contribution >= 4 is 0 Å². The predicted molar refractivity (Wildman–Crippen MR) is 73.1 cm³/mol. The molecule has 0 bridgehead atoms. The van der Waals surface area contributed by atoms with Crippen molar-refractivity contribution in [1.29, 1.82) is 0 Å². The molecule has 1 aliphatic rings. The van der Waals surface area contributed by atoms with Crippen molar-refractivity contribution in [3.8, 4) is 0 Å². The Morgan fingerprint density at radius 3 is 3.00 bits per heavy atom. The highest BCUT2D eigenvalue weighted by molar-refractivity contribution is 5.19. The Hall–Kier alpha value is -0.930. The Balaban J connectivity index is 1.86. The van der Waals surface area contributed by atoms with Gasteiger partial charge in [0.15, 0.2) is 0 Å². The van der Waals surface area contributed by atoms with E-state index in [2.05, 4.69) is 24.2 Å². The van der Waals surface area contributed by atoms with Crippen LogP contribution in [0.25, 0.3) is 0 Å². The number of piperidine rings is 1. The average molecular weight is 250 g/mol. The van der Waals surface area contributed by atoms with E-state index in [4.69, 9.17) is 0 Å². The van der Waals surface area contributed by atoms with Gasteiger partial charge in [0, 0.05) is 18.6 Å². The van der Waals surface area contributed by atoms with Gasteiger partial charge in [0.1, 0.15) is 5.82 Å². The Bertz CT molecular complexity index is 381. The molecule has 1 aliphatic heterocycles. The van der Waals surface area contributed by atoms with Crippen LogP contribution in [-0.2, 0) is 0 Å². The number of likely N-dealkylation sites (tertiary alicyclic amines) is 1. The summed E-state index contributed by atoms with van der Waals surface area (Å²) in [6.07, 6.45) is 3.90. The third-order valence-electron chi connectivity index (χ3n) is 3.93. The number of nitrogens with zero attached hydrogens (tertiary/aromatic N) is 1. The Kier molecular flexibility index (Phi) is 4.72. The standard InChI is InChI=1S/C15H23FN2/c1-12(13-6-5-7-14(16)10-13)17-11-15-8-3-4-9-18(15)2/h5-7,10,12,15,17H,3-4,8-9,11H2,1-2H3/t12-,15?/m1/s1. The molecule has 2 atom stereocenters. The molecule has 1 saturated heterocycles. The van der Waals surface area contributed by atoms with Crippen LogP contribution >= 0.6 is 0 Å². The van der Waals surface area contributed by atoms with Crippen LogP contribution in [0.3, 0.4) is 0 Å². The second-order valence-electron chi connectivity index (χ2n) is 5.32.